The van der Waals surface area contributed by atoms with Crippen LogP contribution in [0, 0.1) is 10.1 Å². The minimum atomic E-state index is -0.409. The summed E-state index contributed by atoms with van der Waals surface area (Å²) in [5.41, 5.74) is 1.71. The molecule has 0 saturated carbocycles. The number of nitro benzene ring substituents is 1. The van der Waals surface area contributed by atoms with Crippen molar-refractivity contribution in [3.63, 3.8) is 0 Å². The zero-order chi connectivity index (χ0) is 17.1. The monoisotopic (exact) mass is 358 g/mol. The molecule has 0 bridgehead atoms. The van der Waals surface area contributed by atoms with Crippen LogP contribution in [0.15, 0.2) is 41.3 Å². The van der Waals surface area contributed by atoms with Crippen LogP contribution in [-0.4, -0.2) is 23.3 Å². The molecule has 0 aliphatic rings. The molecule has 5 nitrogen and oxygen atoms in total. The third-order valence-corrected chi connectivity index (χ3v) is 5.20. The number of nitro groups is 1. The maximum absolute atomic E-state index is 10.8. The second-order valence-electron chi connectivity index (χ2n) is 4.91. The first-order valence-electron chi connectivity index (χ1n) is 7.06. The molecule has 1 aromatic heterocycles. The molecule has 0 unspecified atom stereocenters. The third kappa shape index (κ3) is 3.42. The molecule has 0 N–H and O–H groups in total. The Hall–Kier alpha value is -2.38. The van der Waals surface area contributed by atoms with Crippen LogP contribution in [0.3, 0.4) is 0 Å². The van der Waals surface area contributed by atoms with E-state index in [9.17, 15) is 10.1 Å². The number of thioether (sulfide) groups is 1. The summed E-state index contributed by atoms with van der Waals surface area (Å²) < 4.78 is 6.31. The molecule has 3 rings (SSSR count). The Labute approximate surface area is 147 Å². The molecule has 0 amide bonds. The van der Waals surface area contributed by atoms with Gasteiger partial charge < -0.3 is 4.74 Å². The van der Waals surface area contributed by atoms with Gasteiger partial charge >= 0.3 is 0 Å². The Morgan fingerprint density at radius 2 is 2.08 bits per heavy atom. The number of non-ortho nitro benzene ring substituents is 1. The Bertz CT molecular complexity index is 935. The number of aromatic nitrogens is 1. The van der Waals surface area contributed by atoms with Crippen LogP contribution in [-0.2, 0) is 0 Å². The zero-order valence-electron chi connectivity index (χ0n) is 13.1. The van der Waals surface area contributed by atoms with Gasteiger partial charge in [-0.25, -0.2) is 4.98 Å². The Morgan fingerprint density at radius 3 is 2.79 bits per heavy atom. The van der Waals surface area contributed by atoms with E-state index in [0.717, 1.165) is 25.9 Å². The fraction of sp³-hybridized carbons (Fsp3) is 0.118. The van der Waals surface area contributed by atoms with Gasteiger partial charge in [0.05, 0.1) is 22.2 Å². The quantitative estimate of drug-likeness (QED) is 0.360. The molecule has 3 aromatic rings. The predicted molar refractivity (Wildman–Crippen MR) is 100.0 cm³/mol. The summed E-state index contributed by atoms with van der Waals surface area (Å²) in [5.74, 6) is 0.838. The first kappa shape index (κ1) is 16.5. The van der Waals surface area contributed by atoms with Gasteiger partial charge in [0.1, 0.15) is 10.8 Å². The average molecular weight is 358 g/mol. The van der Waals surface area contributed by atoms with E-state index in [1.54, 1.807) is 24.9 Å². The smallest absolute Gasteiger partial charge is 0.271 e. The number of ether oxygens (including phenoxy) is 1. The Balaban J connectivity index is 1.89. The van der Waals surface area contributed by atoms with E-state index in [-0.39, 0.29) is 5.69 Å². The number of hydrogen-bond donors (Lipinski definition) is 0. The fourth-order valence-corrected chi connectivity index (χ4v) is 3.64. The molecule has 0 spiro atoms. The Morgan fingerprint density at radius 1 is 1.25 bits per heavy atom. The fourth-order valence-electron chi connectivity index (χ4n) is 2.24. The van der Waals surface area contributed by atoms with Crippen LogP contribution in [0.2, 0.25) is 0 Å². The van der Waals surface area contributed by atoms with Crippen molar-refractivity contribution in [2.45, 2.75) is 4.90 Å². The highest BCUT2D eigenvalue weighted by Gasteiger charge is 2.09. The highest BCUT2D eigenvalue weighted by Crippen LogP contribution is 2.30. The van der Waals surface area contributed by atoms with Gasteiger partial charge in [0.25, 0.3) is 5.69 Å². The molecule has 0 fully saturated rings. The second-order valence-corrected chi connectivity index (χ2v) is 6.82. The number of benzene rings is 2. The summed E-state index contributed by atoms with van der Waals surface area (Å²) in [4.78, 5) is 15.9. The van der Waals surface area contributed by atoms with Gasteiger partial charge in [-0.3, -0.25) is 10.1 Å². The largest absolute Gasteiger partial charge is 0.496 e. The van der Waals surface area contributed by atoms with Crippen molar-refractivity contribution in [2.24, 2.45) is 0 Å². The number of methoxy groups -OCH3 is 1. The van der Waals surface area contributed by atoms with Crippen molar-refractivity contribution >= 4 is 51.2 Å². The van der Waals surface area contributed by atoms with Gasteiger partial charge in [0.15, 0.2) is 0 Å². The maximum atomic E-state index is 10.8. The van der Waals surface area contributed by atoms with E-state index in [4.69, 9.17) is 4.74 Å². The summed E-state index contributed by atoms with van der Waals surface area (Å²) in [6.07, 6.45) is 5.87. The zero-order valence-corrected chi connectivity index (χ0v) is 14.7. The standard InChI is InChI=1S/C17H14N2O3S2/c1-22-14-9-11(3-6-16(14)23-2)4-8-17-18-13-10-12(19(20)21)5-7-15(13)24-17/h3-10H,1-2H3/b8-4+. The minimum absolute atomic E-state index is 0.0562. The summed E-state index contributed by atoms with van der Waals surface area (Å²) >= 11 is 3.13. The second kappa shape index (κ2) is 7.02. The van der Waals surface area contributed by atoms with E-state index in [2.05, 4.69) is 4.98 Å². The third-order valence-electron chi connectivity index (χ3n) is 3.42. The van der Waals surface area contributed by atoms with Crippen molar-refractivity contribution in [2.75, 3.05) is 13.4 Å². The molecule has 0 atom stereocenters. The summed E-state index contributed by atoms with van der Waals surface area (Å²) in [7, 11) is 1.66. The van der Waals surface area contributed by atoms with Gasteiger partial charge in [0, 0.05) is 17.0 Å². The lowest BCUT2D eigenvalue weighted by atomic mass is 10.2. The lowest BCUT2D eigenvalue weighted by Crippen LogP contribution is -1.86. The van der Waals surface area contributed by atoms with Crippen molar-refractivity contribution in [1.29, 1.82) is 0 Å². The van der Waals surface area contributed by atoms with E-state index in [1.165, 1.54) is 23.5 Å². The highest BCUT2D eigenvalue weighted by molar-refractivity contribution is 7.98. The molecule has 122 valence electrons. The minimum Gasteiger partial charge on any atom is -0.496 e. The van der Waals surface area contributed by atoms with Crippen LogP contribution >= 0.6 is 23.1 Å². The number of hydrogen-bond acceptors (Lipinski definition) is 6. The first-order valence-corrected chi connectivity index (χ1v) is 9.10. The normalized spacial score (nSPS) is 11.2. The van der Waals surface area contributed by atoms with Gasteiger partial charge in [-0.2, -0.15) is 0 Å². The maximum Gasteiger partial charge on any atom is 0.271 e. The lowest BCUT2D eigenvalue weighted by molar-refractivity contribution is -0.384. The molecule has 0 radical (unpaired) electrons. The van der Waals surface area contributed by atoms with Gasteiger partial charge in [-0.05, 0) is 36.1 Å². The van der Waals surface area contributed by atoms with Crippen molar-refractivity contribution in [3.05, 3.63) is 57.1 Å². The van der Waals surface area contributed by atoms with Crippen molar-refractivity contribution in [1.82, 2.24) is 4.98 Å². The number of fused-ring (bicyclic) bond motifs is 1. The van der Waals surface area contributed by atoms with E-state index >= 15 is 0 Å². The van der Waals surface area contributed by atoms with Crippen molar-refractivity contribution in [3.8, 4) is 5.75 Å². The predicted octanol–water partition coefficient (Wildman–Crippen LogP) is 5.11. The number of nitrogens with zero attached hydrogens (tertiary/aromatic N) is 2. The van der Waals surface area contributed by atoms with Crippen LogP contribution < -0.4 is 4.74 Å². The molecule has 24 heavy (non-hydrogen) atoms. The van der Waals surface area contributed by atoms with E-state index in [1.807, 2.05) is 36.6 Å². The van der Waals surface area contributed by atoms with Crippen LogP contribution in [0.4, 0.5) is 5.69 Å². The summed E-state index contributed by atoms with van der Waals surface area (Å²) in [6, 6.07) is 10.7. The topological polar surface area (TPSA) is 65.3 Å². The van der Waals surface area contributed by atoms with Crippen LogP contribution in [0.5, 0.6) is 5.75 Å². The van der Waals surface area contributed by atoms with Gasteiger partial charge in [-0.1, -0.05) is 12.1 Å². The summed E-state index contributed by atoms with van der Waals surface area (Å²) in [6.45, 7) is 0. The Kier molecular flexibility index (Phi) is 4.82. The average Bonchev–Trinajstić information content (AvgIpc) is 3.01. The van der Waals surface area contributed by atoms with Crippen molar-refractivity contribution < 1.29 is 9.66 Å². The molecule has 0 aliphatic carbocycles. The molecule has 2 aromatic carbocycles. The summed E-state index contributed by atoms with van der Waals surface area (Å²) in [5, 5.41) is 11.6. The van der Waals surface area contributed by atoms with Gasteiger partial charge in [-0.15, -0.1) is 23.1 Å². The van der Waals surface area contributed by atoms with E-state index in [0.29, 0.717) is 5.52 Å². The number of rotatable bonds is 5. The van der Waals surface area contributed by atoms with Gasteiger partial charge in [0.2, 0.25) is 0 Å². The van der Waals surface area contributed by atoms with Crippen LogP contribution in [0.25, 0.3) is 22.4 Å². The van der Waals surface area contributed by atoms with E-state index < -0.39 is 4.92 Å². The molecule has 0 saturated heterocycles. The molecular formula is C17H14N2O3S2. The highest BCUT2D eigenvalue weighted by atomic mass is 32.2. The molecule has 7 heteroatoms. The first-order chi connectivity index (χ1) is 11.6. The lowest BCUT2D eigenvalue weighted by Gasteiger charge is -2.06. The SMILES string of the molecule is COc1cc(/C=C/c2nc3cc([N+](=O)[O-])ccc3s2)ccc1SC. The number of thiazole rings is 1. The van der Waals surface area contributed by atoms with Crippen LogP contribution in [0.1, 0.15) is 10.6 Å². The molecule has 0 aliphatic heterocycles. The molecule has 1 heterocycles. The molecular weight excluding hydrogens is 344 g/mol.